The number of H-pyrrole nitrogens is 1. The van der Waals surface area contributed by atoms with Gasteiger partial charge in [-0.15, -0.1) is 10.2 Å². The van der Waals surface area contributed by atoms with E-state index < -0.39 is 0 Å². The molecule has 1 saturated carbocycles. The Bertz CT molecular complexity index is 1390. The fourth-order valence-electron chi connectivity index (χ4n) is 4.92. The maximum Gasteiger partial charge on any atom is 0.329 e. The molecular weight excluding hydrogens is 442 g/mol. The van der Waals surface area contributed by atoms with E-state index >= 15 is 0 Å². The summed E-state index contributed by atoms with van der Waals surface area (Å²) < 4.78 is 3.46. The largest absolute Gasteiger partial charge is 0.329 e. The summed E-state index contributed by atoms with van der Waals surface area (Å²) in [6, 6.07) is 11.5. The molecule has 2 unspecified atom stereocenters. The summed E-state index contributed by atoms with van der Waals surface area (Å²) in [6.07, 6.45) is 7.85. The smallest absolute Gasteiger partial charge is 0.297 e. The van der Waals surface area contributed by atoms with Gasteiger partial charge in [-0.2, -0.15) is 5.21 Å². The zero-order valence-electron chi connectivity index (χ0n) is 20.0. The van der Waals surface area contributed by atoms with Crippen molar-refractivity contribution in [1.29, 1.82) is 0 Å². The Balaban J connectivity index is 1.48. The normalized spacial score (nSPS) is 17.8. The molecule has 35 heavy (non-hydrogen) atoms. The van der Waals surface area contributed by atoms with E-state index in [0.717, 1.165) is 53.8 Å². The van der Waals surface area contributed by atoms with Gasteiger partial charge in [-0.25, -0.2) is 4.79 Å². The van der Waals surface area contributed by atoms with E-state index in [2.05, 4.69) is 39.5 Å². The van der Waals surface area contributed by atoms with Crippen molar-refractivity contribution in [3.8, 4) is 22.5 Å². The van der Waals surface area contributed by atoms with Crippen molar-refractivity contribution >= 4 is 5.78 Å². The van der Waals surface area contributed by atoms with E-state index in [1.165, 1.54) is 0 Å². The van der Waals surface area contributed by atoms with Gasteiger partial charge in [-0.05, 0) is 59.7 Å². The number of unbranched alkanes of at least 4 members (excludes halogenated alkanes) is 1. The van der Waals surface area contributed by atoms with Crippen LogP contribution in [0.1, 0.15) is 57.0 Å². The lowest BCUT2D eigenvalue weighted by molar-refractivity contribution is -0.120. The van der Waals surface area contributed by atoms with Crippen molar-refractivity contribution in [1.82, 2.24) is 34.7 Å². The van der Waals surface area contributed by atoms with Crippen LogP contribution in [0.3, 0.4) is 0 Å². The van der Waals surface area contributed by atoms with E-state index in [4.69, 9.17) is 0 Å². The van der Waals surface area contributed by atoms with Crippen LogP contribution < -0.4 is 5.69 Å². The monoisotopic (exact) mass is 471 g/mol. The van der Waals surface area contributed by atoms with Crippen LogP contribution in [0.25, 0.3) is 22.5 Å². The number of rotatable bonds is 8. The van der Waals surface area contributed by atoms with E-state index in [0.29, 0.717) is 18.8 Å². The van der Waals surface area contributed by atoms with Gasteiger partial charge in [0, 0.05) is 30.1 Å². The number of hydrogen-bond donors (Lipinski definition) is 1. The highest BCUT2D eigenvalue weighted by atomic mass is 16.2. The predicted molar refractivity (Wildman–Crippen MR) is 132 cm³/mol. The first kappa shape index (κ1) is 22.9. The number of aromatic nitrogens is 7. The van der Waals surface area contributed by atoms with Crippen LogP contribution in [0.4, 0.5) is 0 Å². The second kappa shape index (κ2) is 9.77. The van der Waals surface area contributed by atoms with Gasteiger partial charge in [0.2, 0.25) is 5.82 Å². The molecule has 9 nitrogen and oxygen atoms in total. The van der Waals surface area contributed by atoms with Crippen LogP contribution in [0.2, 0.25) is 0 Å². The Morgan fingerprint density at radius 1 is 1.11 bits per heavy atom. The minimum atomic E-state index is -0.365. The van der Waals surface area contributed by atoms with Crippen LogP contribution in [0.5, 0.6) is 0 Å². The van der Waals surface area contributed by atoms with E-state index in [-0.39, 0.29) is 23.4 Å². The molecule has 3 aromatic heterocycles. The fourth-order valence-corrected chi connectivity index (χ4v) is 4.92. The van der Waals surface area contributed by atoms with Gasteiger partial charge in [0.1, 0.15) is 0 Å². The lowest BCUT2D eigenvalue weighted by Crippen LogP contribution is -2.32. The topological polar surface area (TPSA) is 111 Å². The molecule has 2 atom stereocenters. The SMILES string of the molecule is CCCCc1cn(C2C(=O)CCC2C)c(=O)n1Cc1cc(-c2cccc(-c3nn[nH]n3)c2)ccn1. The van der Waals surface area contributed by atoms with Crippen LogP contribution in [-0.2, 0) is 17.8 Å². The molecule has 180 valence electrons. The Hall–Kier alpha value is -3.88. The summed E-state index contributed by atoms with van der Waals surface area (Å²) in [5, 5.41) is 14.2. The van der Waals surface area contributed by atoms with Crippen LogP contribution >= 0.6 is 0 Å². The van der Waals surface area contributed by atoms with Crippen molar-refractivity contribution in [3.63, 3.8) is 0 Å². The summed E-state index contributed by atoms with van der Waals surface area (Å²) in [5.74, 6) is 0.855. The molecule has 0 saturated heterocycles. The summed E-state index contributed by atoms with van der Waals surface area (Å²) in [6.45, 7) is 4.55. The van der Waals surface area contributed by atoms with Gasteiger partial charge < -0.3 is 0 Å². The molecule has 0 bridgehead atoms. The fraction of sp³-hybridized carbons (Fsp3) is 0.385. The number of imidazole rings is 1. The second-order valence-corrected chi connectivity index (χ2v) is 9.28. The minimum absolute atomic E-state index is 0.130. The number of aromatic amines is 1. The molecular formula is C26H29N7O2. The number of nitrogens with one attached hydrogen (secondary N) is 1. The standard InChI is InChI=1S/C26H29N7O2/c1-3-4-8-22-16-33(24-17(2)9-10-23(24)34)26(35)32(22)15-21-14-19(11-12-27-21)18-6-5-7-20(13-18)25-28-30-31-29-25/h5-7,11-14,16-17,24H,3-4,8-10,15H2,1-2H3,(H,28,29,30,31). The molecule has 1 aliphatic carbocycles. The Morgan fingerprint density at radius 3 is 2.69 bits per heavy atom. The van der Waals surface area contributed by atoms with Gasteiger partial charge in [0.15, 0.2) is 5.78 Å². The number of Topliss-reactive ketones (excluding diaryl/α,β-unsaturated/α-hetero) is 1. The zero-order valence-corrected chi connectivity index (χ0v) is 20.0. The molecule has 1 fully saturated rings. The highest BCUT2D eigenvalue weighted by Crippen LogP contribution is 2.32. The lowest BCUT2D eigenvalue weighted by atomic mass is 10.0. The quantitative estimate of drug-likeness (QED) is 0.418. The molecule has 3 heterocycles. The lowest BCUT2D eigenvalue weighted by Gasteiger charge is -2.14. The number of hydrogen-bond acceptors (Lipinski definition) is 6. The molecule has 0 radical (unpaired) electrons. The number of nitrogens with zero attached hydrogens (tertiary/aromatic N) is 6. The maximum atomic E-state index is 13.5. The van der Waals surface area contributed by atoms with Gasteiger partial charge >= 0.3 is 5.69 Å². The molecule has 5 rings (SSSR count). The maximum absolute atomic E-state index is 13.5. The molecule has 1 aliphatic rings. The number of carbonyl (C=O) groups is 1. The summed E-state index contributed by atoms with van der Waals surface area (Å²) in [4.78, 5) is 30.6. The van der Waals surface area contributed by atoms with Gasteiger partial charge in [0.25, 0.3) is 0 Å². The van der Waals surface area contributed by atoms with E-state index in [1.54, 1.807) is 15.3 Å². The van der Waals surface area contributed by atoms with Crippen molar-refractivity contribution < 1.29 is 4.79 Å². The third kappa shape index (κ3) is 4.58. The predicted octanol–water partition coefficient (Wildman–Crippen LogP) is 3.82. The van der Waals surface area contributed by atoms with Crippen LogP contribution in [0.15, 0.2) is 53.6 Å². The first-order valence-electron chi connectivity index (χ1n) is 12.2. The molecule has 1 aromatic carbocycles. The molecule has 0 amide bonds. The minimum Gasteiger partial charge on any atom is -0.297 e. The number of pyridine rings is 1. The van der Waals surface area contributed by atoms with Crippen molar-refractivity contribution in [2.24, 2.45) is 5.92 Å². The van der Waals surface area contributed by atoms with Gasteiger partial charge in [-0.1, -0.05) is 38.5 Å². The Morgan fingerprint density at radius 2 is 1.94 bits per heavy atom. The van der Waals surface area contributed by atoms with Crippen molar-refractivity contribution in [2.45, 2.75) is 58.5 Å². The third-order valence-electron chi connectivity index (χ3n) is 6.82. The average molecular weight is 472 g/mol. The molecule has 0 spiro atoms. The number of carbonyl (C=O) groups excluding carboxylic acids is 1. The van der Waals surface area contributed by atoms with Crippen LogP contribution in [0, 0.1) is 5.92 Å². The first-order chi connectivity index (χ1) is 17.0. The van der Waals surface area contributed by atoms with Gasteiger partial charge in [0.05, 0.1) is 18.3 Å². The van der Waals surface area contributed by atoms with E-state index in [9.17, 15) is 9.59 Å². The highest BCUT2D eigenvalue weighted by molar-refractivity contribution is 5.85. The number of benzene rings is 1. The average Bonchev–Trinajstić information content (AvgIpc) is 3.60. The summed E-state index contributed by atoms with van der Waals surface area (Å²) >= 11 is 0. The van der Waals surface area contributed by atoms with Crippen molar-refractivity contribution in [2.75, 3.05) is 0 Å². The molecule has 0 aliphatic heterocycles. The number of tetrazole rings is 1. The third-order valence-corrected chi connectivity index (χ3v) is 6.82. The summed E-state index contributed by atoms with van der Waals surface area (Å²) in [5.41, 5.74) is 4.46. The zero-order chi connectivity index (χ0) is 24.4. The number of aryl methyl sites for hydroxylation is 1. The van der Waals surface area contributed by atoms with Crippen LogP contribution in [-0.4, -0.2) is 40.5 Å². The molecule has 9 heteroatoms. The first-order valence-corrected chi connectivity index (χ1v) is 12.2. The Kier molecular flexibility index (Phi) is 6.39. The van der Waals surface area contributed by atoms with Crippen molar-refractivity contribution in [3.05, 3.63) is 70.7 Å². The van der Waals surface area contributed by atoms with Gasteiger partial charge in [-0.3, -0.25) is 18.9 Å². The number of ketones is 1. The Labute approximate surface area is 203 Å². The highest BCUT2D eigenvalue weighted by Gasteiger charge is 2.34. The summed E-state index contributed by atoms with van der Waals surface area (Å²) in [7, 11) is 0. The van der Waals surface area contributed by atoms with E-state index in [1.807, 2.05) is 42.6 Å². The second-order valence-electron chi connectivity index (χ2n) is 9.28. The molecule has 4 aromatic rings. The molecule has 1 N–H and O–H groups in total.